The van der Waals surface area contributed by atoms with Crippen LogP contribution < -0.4 is 4.74 Å². The zero-order valence-corrected chi connectivity index (χ0v) is 10.7. The van der Waals surface area contributed by atoms with Crippen molar-refractivity contribution in [2.75, 3.05) is 21.0 Å². The van der Waals surface area contributed by atoms with Crippen LogP contribution in [0.4, 0.5) is 0 Å². The van der Waals surface area contributed by atoms with Crippen LogP contribution in [0.1, 0.15) is 15.9 Å². The van der Waals surface area contributed by atoms with Gasteiger partial charge in [0.1, 0.15) is 5.75 Å². The quantitative estimate of drug-likeness (QED) is 0.474. The Bertz CT molecular complexity index is 365. The second kappa shape index (κ2) is 6.50. The molecule has 0 aliphatic rings. The first-order chi connectivity index (χ1) is 7.71. The molecule has 0 atom stereocenters. The highest BCUT2D eigenvalue weighted by Gasteiger charge is 2.09. The first kappa shape index (κ1) is 13.0. The molecule has 0 fully saturated rings. The van der Waals surface area contributed by atoms with E-state index in [2.05, 4.69) is 20.7 Å². The van der Waals surface area contributed by atoms with Crippen molar-refractivity contribution < 1.29 is 19.0 Å². The maximum absolute atomic E-state index is 11.4. The van der Waals surface area contributed by atoms with Crippen LogP contribution in [-0.4, -0.2) is 27.0 Å². The Kier molecular flexibility index (Phi) is 5.28. The highest BCUT2D eigenvalue weighted by molar-refractivity contribution is 9.08. The van der Waals surface area contributed by atoms with Crippen LogP contribution in [0.15, 0.2) is 18.2 Å². The van der Waals surface area contributed by atoms with Crippen molar-refractivity contribution in [2.24, 2.45) is 0 Å². The van der Waals surface area contributed by atoms with Crippen LogP contribution in [0.25, 0.3) is 0 Å². The summed E-state index contributed by atoms with van der Waals surface area (Å²) in [5.74, 6) is 0.198. The minimum atomic E-state index is -0.384. The van der Waals surface area contributed by atoms with Crippen LogP contribution in [0.5, 0.6) is 5.75 Å². The Labute approximate surface area is 103 Å². The molecule has 0 aromatic heterocycles. The van der Waals surface area contributed by atoms with E-state index in [4.69, 9.17) is 9.47 Å². The molecule has 0 aliphatic carbocycles. The summed E-state index contributed by atoms with van der Waals surface area (Å²) in [7, 11) is 2.88. The van der Waals surface area contributed by atoms with E-state index in [1.165, 1.54) is 14.2 Å². The third kappa shape index (κ3) is 3.50. The molecule has 0 bridgehead atoms. The predicted molar refractivity (Wildman–Crippen MR) is 62.9 cm³/mol. The fourth-order valence-electron chi connectivity index (χ4n) is 1.18. The smallest absolute Gasteiger partial charge is 0.337 e. The summed E-state index contributed by atoms with van der Waals surface area (Å²) in [5.41, 5.74) is 1.40. The molecule has 0 radical (unpaired) electrons. The first-order valence-corrected chi connectivity index (χ1v) is 5.73. The monoisotopic (exact) mass is 288 g/mol. The van der Waals surface area contributed by atoms with Gasteiger partial charge in [0.2, 0.25) is 0 Å². The molecule has 0 aliphatic heterocycles. The van der Waals surface area contributed by atoms with Gasteiger partial charge >= 0.3 is 5.97 Å². The van der Waals surface area contributed by atoms with Crippen LogP contribution in [-0.2, 0) is 14.8 Å². The summed E-state index contributed by atoms with van der Waals surface area (Å²) >= 11 is 3.33. The molecule has 16 heavy (non-hydrogen) atoms. The average Bonchev–Trinajstić information content (AvgIpc) is 2.34. The maximum Gasteiger partial charge on any atom is 0.337 e. The molecule has 1 rings (SSSR count). The van der Waals surface area contributed by atoms with Gasteiger partial charge in [-0.05, 0) is 23.8 Å². The van der Waals surface area contributed by atoms with Gasteiger partial charge in [0, 0.05) is 12.4 Å². The Balaban J connectivity index is 2.96. The largest absolute Gasteiger partial charge is 0.468 e. The number of esters is 1. The van der Waals surface area contributed by atoms with Gasteiger partial charge in [-0.15, -0.1) is 0 Å². The van der Waals surface area contributed by atoms with Gasteiger partial charge in [0.15, 0.2) is 6.79 Å². The van der Waals surface area contributed by atoms with E-state index in [1.807, 2.05) is 6.07 Å². The lowest BCUT2D eigenvalue weighted by atomic mass is 10.1. The number of ether oxygens (including phenoxy) is 3. The summed E-state index contributed by atoms with van der Waals surface area (Å²) in [4.78, 5) is 11.4. The summed E-state index contributed by atoms with van der Waals surface area (Å²) in [6.45, 7) is 0.145. The molecule has 1 aromatic carbocycles. The third-order valence-electron chi connectivity index (χ3n) is 1.89. The van der Waals surface area contributed by atoms with E-state index in [9.17, 15) is 4.79 Å². The minimum Gasteiger partial charge on any atom is -0.468 e. The van der Waals surface area contributed by atoms with Crippen molar-refractivity contribution in [1.82, 2.24) is 0 Å². The lowest BCUT2D eigenvalue weighted by molar-refractivity contribution is 0.0503. The van der Waals surface area contributed by atoms with Crippen molar-refractivity contribution in [1.29, 1.82) is 0 Å². The number of halogens is 1. The number of carbonyl (C=O) groups is 1. The molecule has 0 unspecified atom stereocenters. The van der Waals surface area contributed by atoms with E-state index >= 15 is 0 Å². The lowest BCUT2D eigenvalue weighted by Gasteiger charge is -2.08. The second-order valence-corrected chi connectivity index (χ2v) is 3.60. The normalized spacial score (nSPS) is 9.94. The van der Waals surface area contributed by atoms with Gasteiger partial charge in [-0.2, -0.15) is 0 Å². The summed E-state index contributed by atoms with van der Waals surface area (Å²) in [5, 5.41) is 0.640. The summed E-state index contributed by atoms with van der Waals surface area (Å²) in [6, 6.07) is 5.21. The molecule has 88 valence electrons. The van der Waals surface area contributed by atoms with E-state index in [0.717, 1.165) is 5.56 Å². The molecular formula is C11H13BrO4. The van der Waals surface area contributed by atoms with Crippen molar-refractivity contribution >= 4 is 21.9 Å². The summed E-state index contributed by atoms with van der Waals surface area (Å²) in [6.07, 6.45) is 0. The van der Waals surface area contributed by atoms with E-state index in [1.54, 1.807) is 12.1 Å². The molecule has 1 aromatic rings. The Hall–Kier alpha value is -1.07. The van der Waals surface area contributed by atoms with E-state index in [0.29, 0.717) is 16.6 Å². The Morgan fingerprint density at radius 3 is 2.62 bits per heavy atom. The standard InChI is InChI=1S/C11H13BrO4/c1-14-7-16-10-4-8(6-12)3-9(5-10)11(13)15-2/h3-5H,6-7H2,1-2H3. The van der Waals surface area contributed by atoms with Crippen LogP contribution >= 0.6 is 15.9 Å². The topological polar surface area (TPSA) is 44.8 Å². The molecule has 0 saturated carbocycles. The van der Waals surface area contributed by atoms with Crippen molar-refractivity contribution in [3.8, 4) is 5.75 Å². The lowest BCUT2D eigenvalue weighted by Crippen LogP contribution is -2.04. The van der Waals surface area contributed by atoms with E-state index in [-0.39, 0.29) is 12.8 Å². The molecule has 0 N–H and O–H groups in total. The average molecular weight is 289 g/mol. The Morgan fingerprint density at radius 1 is 1.31 bits per heavy atom. The number of hydrogen-bond donors (Lipinski definition) is 0. The highest BCUT2D eigenvalue weighted by Crippen LogP contribution is 2.20. The van der Waals surface area contributed by atoms with Gasteiger partial charge in [-0.1, -0.05) is 15.9 Å². The molecule has 0 amide bonds. The maximum atomic E-state index is 11.4. The molecule has 5 heteroatoms. The number of rotatable bonds is 5. The highest BCUT2D eigenvalue weighted by atomic mass is 79.9. The van der Waals surface area contributed by atoms with Crippen LogP contribution in [0.2, 0.25) is 0 Å². The van der Waals surface area contributed by atoms with Gasteiger partial charge < -0.3 is 14.2 Å². The Morgan fingerprint density at radius 2 is 2.06 bits per heavy atom. The number of methoxy groups -OCH3 is 2. The molecular weight excluding hydrogens is 276 g/mol. The fraction of sp³-hybridized carbons (Fsp3) is 0.364. The number of alkyl halides is 1. The van der Waals surface area contributed by atoms with Gasteiger partial charge in [-0.3, -0.25) is 0 Å². The number of carbonyl (C=O) groups excluding carboxylic acids is 1. The predicted octanol–water partition coefficient (Wildman–Crippen LogP) is 2.35. The number of hydrogen-bond acceptors (Lipinski definition) is 4. The van der Waals surface area contributed by atoms with Crippen molar-refractivity contribution in [3.05, 3.63) is 29.3 Å². The van der Waals surface area contributed by atoms with Crippen molar-refractivity contribution in [3.63, 3.8) is 0 Å². The summed E-state index contributed by atoms with van der Waals surface area (Å²) < 4.78 is 14.7. The number of benzene rings is 1. The van der Waals surface area contributed by atoms with Crippen molar-refractivity contribution in [2.45, 2.75) is 5.33 Å². The van der Waals surface area contributed by atoms with E-state index < -0.39 is 0 Å². The minimum absolute atomic E-state index is 0.145. The van der Waals surface area contributed by atoms with Crippen LogP contribution in [0.3, 0.4) is 0 Å². The molecule has 0 spiro atoms. The van der Waals surface area contributed by atoms with Crippen LogP contribution in [0, 0.1) is 0 Å². The first-order valence-electron chi connectivity index (χ1n) is 4.61. The fourth-order valence-corrected chi connectivity index (χ4v) is 1.51. The second-order valence-electron chi connectivity index (χ2n) is 3.04. The molecule has 4 nitrogen and oxygen atoms in total. The third-order valence-corrected chi connectivity index (χ3v) is 2.53. The SMILES string of the molecule is COCOc1cc(CBr)cc(C(=O)OC)c1. The molecule has 0 saturated heterocycles. The zero-order valence-electron chi connectivity index (χ0n) is 9.16. The molecule has 0 heterocycles. The van der Waals surface area contributed by atoms with Gasteiger partial charge in [0.25, 0.3) is 0 Å². The van der Waals surface area contributed by atoms with Gasteiger partial charge in [0.05, 0.1) is 12.7 Å². The van der Waals surface area contributed by atoms with Gasteiger partial charge in [-0.25, -0.2) is 4.79 Å². The zero-order chi connectivity index (χ0) is 12.0.